The van der Waals surface area contributed by atoms with E-state index in [1.165, 1.54) is 12.1 Å². The Balaban J connectivity index is 1.89. The van der Waals surface area contributed by atoms with Crippen LogP contribution in [0.5, 0.6) is 0 Å². The molecular weight excluding hydrogens is 271 g/mol. The fourth-order valence-electron chi connectivity index (χ4n) is 2.51. The molecule has 1 aromatic rings. The van der Waals surface area contributed by atoms with Crippen LogP contribution in [0.3, 0.4) is 0 Å². The lowest BCUT2D eigenvalue weighted by Crippen LogP contribution is -2.40. The van der Waals surface area contributed by atoms with E-state index in [1.807, 2.05) is 13.8 Å². The Morgan fingerprint density at radius 1 is 1.43 bits per heavy atom. The van der Waals surface area contributed by atoms with Crippen molar-refractivity contribution in [2.45, 2.75) is 31.8 Å². The number of nitrogens with two attached hydrogens (primary N) is 1. The molecule has 1 fully saturated rings. The largest absolute Gasteiger partial charge is 0.376 e. The van der Waals surface area contributed by atoms with E-state index < -0.39 is 0 Å². The summed E-state index contributed by atoms with van der Waals surface area (Å²) in [5.74, 6) is -0.377. The minimum absolute atomic E-state index is 0.00105. The predicted octanol–water partition coefficient (Wildman–Crippen LogP) is 1.58. The first-order valence-corrected chi connectivity index (χ1v) is 7.28. The number of carbonyl (C=O) groups excluding carboxylic acids is 1. The van der Waals surface area contributed by atoms with Crippen LogP contribution < -0.4 is 11.1 Å². The van der Waals surface area contributed by atoms with Gasteiger partial charge in [0.25, 0.3) is 0 Å². The van der Waals surface area contributed by atoms with Crippen LogP contribution in [0.1, 0.15) is 25.8 Å². The normalized spacial score (nSPS) is 22.3. The van der Waals surface area contributed by atoms with Gasteiger partial charge in [-0.15, -0.1) is 0 Å². The molecule has 1 aliphatic heterocycles. The van der Waals surface area contributed by atoms with E-state index >= 15 is 0 Å². The summed E-state index contributed by atoms with van der Waals surface area (Å²) in [6, 6.07) is 6.39. The highest BCUT2D eigenvalue weighted by molar-refractivity contribution is 5.79. The first kappa shape index (κ1) is 15.9. The molecule has 2 rings (SSSR count). The molecule has 0 spiro atoms. The van der Waals surface area contributed by atoms with Gasteiger partial charge >= 0.3 is 0 Å². The summed E-state index contributed by atoms with van der Waals surface area (Å²) in [5.41, 5.74) is 6.28. The summed E-state index contributed by atoms with van der Waals surface area (Å²) in [5, 5.41) is 2.97. The fraction of sp³-hybridized carbons (Fsp3) is 0.562. The van der Waals surface area contributed by atoms with Crippen LogP contribution >= 0.6 is 0 Å². The maximum absolute atomic E-state index is 13.0. The zero-order valence-electron chi connectivity index (χ0n) is 12.6. The summed E-state index contributed by atoms with van der Waals surface area (Å²) < 4.78 is 18.4. The highest BCUT2D eigenvalue weighted by atomic mass is 19.1. The molecule has 0 aromatic heterocycles. The van der Waals surface area contributed by atoms with Gasteiger partial charge in [0.1, 0.15) is 5.82 Å². The topological polar surface area (TPSA) is 64.3 Å². The van der Waals surface area contributed by atoms with Gasteiger partial charge in [0.05, 0.1) is 18.6 Å². The number of halogens is 1. The summed E-state index contributed by atoms with van der Waals surface area (Å²) in [6.45, 7) is 5.43. The van der Waals surface area contributed by atoms with Crippen molar-refractivity contribution in [2.75, 3.05) is 19.7 Å². The zero-order valence-corrected chi connectivity index (χ0v) is 12.6. The van der Waals surface area contributed by atoms with E-state index in [4.69, 9.17) is 10.5 Å². The average Bonchev–Trinajstić information content (AvgIpc) is 2.94. The molecule has 4 nitrogen and oxygen atoms in total. The van der Waals surface area contributed by atoms with Gasteiger partial charge < -0.3 is 15.8 Å². The highest BCUT2D eigenvalue weighted by Gasteiger charge is 2.31. The smallest absolute Gasteiger partial charge is 0.225 e. The number of hydrogen-bond acceptors (Lipinski definition) is 3. The first-order valence-electron chi connectivity index (χ1n) is 7.28. The molecule has 0 aliphatic carbocycles. The molecule has 2 atom stereocenters. The molecule has 1 amide bonds. The van der Waals surface area contributed by atoms with E-state index in [1.54, 1.807) is 12.1 Å². The number of hydrogen-bond donors (Lipinski definition) is 2. The number of carbonyl (C=O) groups is 1. The lowest BCUT2D eigenvalue weighted by molar-refractivity contribution is -0.125. The minimum atomic E-state index is -0.255. The van der Waals surface area contributed by atoms with Gasteiger partial charge in [-0.25, -0.2) is 4.39 Å². The third kappa shape index (κ3) is 4.02. The van der Waals surface area contributed by atoms with E-state index in [-0.39, 0.29) is 29.2 Å². The number of benzene rings is 1. The van der Waals surface area contributed by atoms with Gasteiger partial charge in [-0.1, -0.05) is 26.0 Å². The third-order valence-electron chi connectivity index (χ3n) is 4.04. The molecule has 0 bridgehead atoms. The van der Waals surface area contributed by atoms with Crippen LogP contribution in [-0.2, 0) is 14.9 Å². The van der Waals surface area contributed by atoms with Crippen molar-refractivity contribution in [3.8, 4) is 0 Å². The van der Waals surface area contributed by atoms with Crippen molar-refractivity contribution in [1.29, 1.82) is 0 Å². The standard InChI is InChI=1S/C16H23FN2O2/c1-16(2,12-3-5-13(17)6-4-12)10-19-15(20)11-7-14(8-18)21-9-11/h3-6,11,14H,7-10,18H2,1-2H3,(H,19,20)/t11-,14-/m0/s1. The molecular formula is C16H23FN2O2. The summed E-state index contributed by atoms with van der Waals surface area (Å²) in [7, 11) is 0. The molecule has 1 saturated heterocycles. The molecule has 0 saturated carbocycles. The van der Waals surface area contributed by atoms with Crippen molar-refractivity contribution < 1.29 is 13.9 Å². The lowest BCUT2D eigenvalue weighted by Gasteiger charge is -2.26. The van der Waals surface area contributed by atoms with Gasteiger partial charge in [-0.05, 0) is 24.1 Å². The first-order chi connectivity index (χ1) is 9.92. The Hall–Kier alpha value is -1.46. The second kappa shape index (κ2) is 6.54. The van der Waals surface area contributed by atoms with E-state index in [2.05, 4.69) is 5.32 Å². The quantitative estimate of drug-likeness (QED) is 0.866. The Morgan fingerprint density at radius 2 is 2.10 bits per heavy atom. The Morgan fingerprint density at radius 3 is 2.67 bits per heavy atom. The van der Waals surface area contributed by atoms with Crippen molar-refractivity contribution in [2.24, 2.45) is 11.7 Å². The number of amides is 1. The summed E-state index contributed by atoms with van der Waals surface area (Å²) in [4.78, 5) is 12.1. The van der Waals surface area contributed by atoms with Gasteiger partial charge in [0.2, 0.25) is 5.91 Å². The monoisotopic (exact) mass is 294 g/mol. The van der Waals surface area contributed by atoms with Crippen molar-refractivity contribution >= 4 is 5.91 Å². The maximum Gasteiger partial charge on any atom is 0.225 e. The number of ether oxygens (including phenoxy) is 1. The number of rotatable bonds is 5. The SMILES string of the molecule is CC(C)(CNC(=O)[C@@H]1CO[C@H](CN)C1)c1ccc(F)cc1. The average molecular weight is 294 g/mol. The molecule has 21 heavy (non-hydrogen) atoms. The van der Waals surface area contributed by atoms with Gasteiger partial charge in [-0.3, -0.25) is 4.79 Å². The van der Waals surface area contributed by atoms with Crippen LogP contribution in [0.25, 0.3) is 0 Å². The summed E-state index contributed by atoms with van der Waals surface area (Å²) in [6.07, 6.45) is 0.671. The van der Waals surface area contributed by atoms with Gasteiger partial charge in [0.15, 0.2) is 0 Å². The number of nitrogens with one attached hydrogen (secondary N) is 1. The molecule has 3 N–H and O–H groups in total. The minimum Gasteiger partial charge on any atom is -0.376 e. The second-order valence-electron chi connectivity index (χ2n) is 6.23. The van der Waals surface area contributed by atoms with Crippen molar-refractivity contribution in [3.63, 3.8) is 0 Å². The van der Waals surface area contributed by atoms with Crippen LogP contribution in [0.2, 0.25) is 0 Å². The maximum atomic E-state index is 13.0. The highest BCUT2D eigenvalue weighted by Crippen LogP contribution is 2.23. The molecule has 1 heterocycles. The Bertz CT molecular complexity index is 488. The molecule has 0 radical (unpaired) electrons. The van der Waals surface area contributed by atoms with Crippen molar-refractivity contribution in [3.05, 3.63) is 35.6 Å². The van der Waals surface area contributed by atoms with E-state index in [0.717, 1.165) is 5.56 Å². The lowest BCUT2D eigenvalue weighted by atomic mass is 9.84. The molecule has 1 aliphatic rings. The second-order valence-corrected chi connectivity index (χ2v) is 6.23. The van der Waals surface area contributed by atoms with Crippen LogP contribution in [0.15, 0.2) is 24.3 Å². The Kier molecular flexibility index (Phi) is 4.96. The molecule has 116 valence electrons. The molecule has 5 heteroatoms. The third-order valence-corrected chi connectivity index (χ3v) is 4.04. The zero-order chi connectivity index (χ0) is 15.5. The van der Waals surface area contributed by atoms with E-state index in [0.29, 0.717) is 26.1 Å². The Labute approximate surface area is 124 Å². The molecule has 0 unspecified atom stereocenters. The van der Waals surface area contributed by atoms with Gasteiger partial charge in [-0.2, -0.15) is 0 Å². The van der Waals surface area contributed by atoms with Crippen LogP contribution in [0.4, 0.5) is 4.39 Å². The van der Waals surface area contributed by atoms with Crippen LogP contribution in [0, 0.1) is 11.7 Å². The fourth-order valence-corrected chi connectivity index (χ4v) is 2.51. The van der Waals surface area contributed by atoms with Gasteiger partial charge in [0, 0.05) is 18.5 Å². The van der Waals surface area contributed by atoms with Crippen LogP contribution in [-0.4, -0.2) is 31.7 Å². The van der Waals surface area contributed by atoms with E-state index in [9.17, 15) is 9.18 Å². The summed E-state index contributed by atoms with van der Waals surface area (Å²) >= 11 is 0. The predicted molar refractivity (Wildman–Crippen MR) is 79.3 cm³/mol. The van der Waals surface area contributed by atoms with Crippen molar-refractivity contribution in [1.82, 2.24) is 5.32 Å². The molecule has 1 aromatic carbocycles.